The molecule has 0 atom stereocenters. The zero-order valence-electron chi connectivity index (χ0n) is 8.56. The summed E-state index contributed by atoms with van der Waals surface area (Å²) >= 11 is 0. The average Bonchev–Trinajstić information content (AvgIpc) is 2.29. The van der Waals surface area contributed by atoms with E-state index in [9.17, 15) is 4.79 Å². The van der Waals surface area contributed by atoms with Crippen LogP contribution < -0.4 is 5.32 Å². The van der Waals surface area contributed by atoms with E-state index in [1.807, 2.05) is 6.07 Å². The fourth-order valence-electron chi connectivity index (χ4n) is 1.07. The first kappa shape index (κ1) is 11.8. The highest BCUT2D eigenvalue weighted by Crippen LogP contribution is 2.09. The van der Waals surface area contributed by atoms with Gasteiger partial charge in [0.05, 0.1) is 11.6 Å². The molecule has 0 spiro atoms. The summed E-state index contributed by atoms with van der Waals surface area (Å²) in [5.41, 5.74) is 1.05. The van der Waals surface area contributed by atoms with Crippen molar-refractivity contribution in [3.05, 3.63) is 29.8 Å². The summed E-state index contributed by atoms with van der Waals surface area (Å²) in [4.78, 5) is 11.3. The van der Waals surface area contributed by atoms with E-state index in [-0.39, 0.29) is 19.1 Å². The monoisotopic (exact) mass is 214 g/mol. The van der Waals surface area contributed by atoms with Gasteiger partial charge in [0.15, 0.2) is 0 Å². The van der Waals surface area contributed by atoms with Gasteiger partial charge in [-0.05, 0) is 18.2 Å². The van der Waals surface area contributed by atoms with E-state index in [0.717, 1.165) is 0 Å². The van der Waals surface area contributed by atoms with E-state index in [0.29, 0.717) is 11.3 Å². The maximum atomic E-state index is 11.3. The standard InChI is InChI=1S/C12H10N2O2/c1-2-6-16-9-12(15)14-11-5-3-4-10(7-11)8-13/h1,3-5,7H,6,9H2,(H,14,15). The zero-order chi connectivity index (χ0) is 11.8. The maximum absolute atomic E-state index is 11.3. The Hall–Kier alpha value is -2.30. The molecule has 0 aliphatic heterocycles. The fourth-order valence-corrected chi connectivity index (χ4v) is 1.07. The minimum absolute atomic E-state index is 0.0962. The molecule has 0 saturated heterocycles. The SMILES string of the molecule is C#CCOCC(=O)Nc1cccc(C#N)c1. The predicted molar refractivity (Wildman–Crippen MR) is 59.4 cm³/mol. The van der Waals surface area contributed by atoms with Crippen molar-refractivity contribution in [2.45, 2.75) is 0 Å². The summed E-state index contributed by atoms with van der Waals surface area (Å²) in [6, 6.07) is 8.61. The second-order valence-electron chi connectivity index (χ2n) is 2.94. The Labute approximate surface area is 93.8 Å². The Kier molecular flexibility index (Phi) is 4.59. The molecule has 4 heteroatoms. The molecule has 1 aromatic carbocycles. The number of rotatable bonds is 4. The lowest BCUT2D eigenvalue weighted by Gasteiger charge is -2.04. The first-order valence-electron chi connectivity index (χ1n) is 4.57. The normalized spacial score (nSPS) is 8.88. The highest BCUT2D eigenvalue weighted by molar-refractivity contribution is 5.91. The molecule has 0 aliphatic carbocycles. The molecule has 16 heavy (non-hydrogen) atoms. The van der Waals surface area contributed by atoms with Crippen molar-refractivity contribution in [3.63, 3.8) is 0 Å². The van der Waals surface area contributed by atoms with Crippen molar-refractivity contribution in [3.8, 4) is 18.4 Å². The van der Waals surface area contributed by atoms with Crippen molar-refractivity contribution in [1.29, 1.82) is 5.26 Å². The van der Waals surface area contributed by atoms with Crippen LogP contribution in [0.3, 0.4) is 0 Å². The molecule has 0 aliphatic rings. The number of carbonyl (C=O) groups is 1. The van der Waals surface area contributed by atoms with E-state index < -0.39 is 0 Å². The van der Waals surface area contributed by atoms with Gasteiger partial charge >= 0.3 is 0 Å². The van der Waals surface area contributed by atoms with Gasteiger partial charge in [0.2, 0.25) is 5.91 Å². The molecule has 1 amide bonds. The van der Waals surface area contributed by atoms with Crippen LogP contribution in [0.15, 0.2) is 24.3 Å². The quantitative estimate of drug-likeness (QED) is 0.604. The molecule has 1 N–H and O–H groups in total. The molecule has 1 aromatic rings. The van der Waals surface area contributed by atoms with Gasteiger partial charge in [-0.3, -0.25) is 4.79 Å². The van der Waals surface area contributed by atoms with Crippen LogP contribution in [0, 0.1) is 23.7 Å². The van der Waals surface area contributed by atoms with Crippen LogP contribution in [0.25, 0.3) is 0 Å². The summed E-state index contributed by atoms with van der Waals surface area (Å²) in [6.07, 6.45) is 4.96. The molecule has 0 saturated carbocycles. The Bertz CT molecular complexity index is 455. The minimum Gasteiger partial charge on any atom is -0.359 e. The molecule has 0 heterocycles. The van der Waals surface area contributed by atoms with Gasteiger partial charge in [-0.2, -0.15) is 5.26 Å². The minimum atomic E-state index is -0.301. The van der Waals surface area contributed by atoms with Gasteiger partial charge in [0.1, 0.15) is 13.2 Å². The van der Waals surface area contributed by atoms with Crippen molar-refractivity contribution < 1.29 is 9.53 Å². The third-order valence-electron chi connectivity index (χ3n) is 1.69. The number of nitrogens with one attached hydrogen (secondary N) is 1. The summed E-state index contributed by atoms with van der Waals surface area (Å²) in [5.74, 6) is 1.96. The third-order valence-corrected chi connectivity index (χ3v) is 1.69. The Morgan fingerprint density at radius 3 is 3.06 bits per heavy atom. The number of hydrogen-bond acceptors (Lipinski definition) is 3. The van der Waals surface area contributed by atoms with Crippen LogP contribution in [0.5, 0.6) is 0 Å². The van der Waals surface area contributed by atoms with Crippen LogP contribution in [0.1, 0.15) is 5.56 Å². The summed E-state index contributed by atoms with van der Waals surface area (Å²) in [5, 5.41) is 11.3. The van der Waals surface area contributed by atoms with Crippen molar-refractivity contribution in [1.82, 2.24) is 0 Å². The molecule has 0 fully saturated rings. The number of nitriles is 1. The molecule has 4 nitrogen and oxygen atoms in total. The fraction of sp³-hybridized carbons (Fsp3) is 0.167. The largest absolute Gasteiger partial charge is 0.359 e. The highest BCUT2D eigenvalue weighted by atomic mass is 16.5. The molecule has 1 rings (SSSR count). The van der Waals surface area contributed by atoms with E-state index in [2.05, 4.69) is 11.2 Å². The number of nitrogens with zero attached hydrogens (tertiary/aromatic N) is 1. The molecule has 0 aromatic heterocycles. The van der Waals surface area contributed by atoms with Crippen LogP contribution in [0.4, 0.5) is 5.69 Å². The Morgan fingerprint density at radius 2 is 2.38 bits per heavy atom. The molecule has 0 radical (unpaired) electrons. The van der Waals surface area contributed by atoms with E-state index in [1.54, 1.807) is 24.3 Å². The summed E-state index contributed by atoms with van der Waals surface area (Å²) < 4.78 is 4.86. The van der Waals surface area contributed by atoms with Gasteiger partial charge < -0.3 is 10.1 Å². The van der Waals surface area contributed by atoms with Crippen LogP contribution in [-0.4, -0.2) is 19.1 Å². The lowest BCUT2D eigenvalue weighted by molar-refractivity contribution is -0.120. The van der Waals surface area contributed by atoms with Gasteiger partial charge in [-0.1, -0.05) is 12.0 Å². The highest BCUT2D eigenvalue weighted by Gasteiger charge is 2.02. The molecule has 0 bridgehead atoms. The van der Waals surface area contributed by atoms with E-state index >= 15 is 0 Å². The van der Waals surface area contributed by atoms with E-state index in [4.69, 9.17) is 16.4 Å². The number of anilines is 1. The third kappa shape index (κ3) is 3.83. The lowest BCUT2D eigenvalue weighted by Crippen LogP contribution is -2.18. The van der Waals surface area contributed by atoms with Crippen LogP contribution in [0.2, 0.25) is 0 Å². The summed E-state index contributed by atoms with van der Waals surface area (Å²) in [7, 11) is 0. The first-order valence-corrected chi connectivity index (χ1v) is 4.57. The van der Waals surface area contributed by atoms with E-state index in [1.165, 1.54) is 0 Å². The van der Waals surface area contributed by atoms with Crippen LogP contribution in [-0.2, 0) is 9.53 Å². The van der Waals surface area contributed by atoms with Crippen LogP contribution >= 0.6 is 0 Å². The topological polar surface area (TPSA) is 62.1 Å². The van der Waals surface area contributed by atoms with Gasteiger partial charge in [-0.25, -0.2) is 0 Å². The second-order valence-corrected chi connectivity index (χ2v) is 2.94. The Morgan fingerprint density at radius 1 is 1.56 bits per heavy atom. The maximum Gasteiger partial charge on any atom is 0.250 e. The second kappa shape index (κ2) is 6.23. The number of amides is 1. The Balaban J connectivity index is 2.50. The van der Waals surface area contributed by atoms with Crippen molar-refractivity contribution >= 4 is 11.6 Å². The zero-order valence-corrected chi connectivity index (χ0v) is 8.56. The number of terminal acetylenes is 1. The molecule has 0 unspecified atom stereocenters. The van der Waals surface area contributed by atoms with Gasteiger partial charge in [0.25, 0.3) is 0 Å². The smallest absolute Gasteiger partial charge is 0.250 e. The number of carbonyl (C=O) groups excluding carboxylic acids is 1. The lowest BCUT2D eigenvalue weighted by atomic mass is 10.2. The number of benzene rings is 1. The van der Waals surface area contributed by atoms with Crippen molar-refractivity contribution in [2.75, 3.05) is 18.5 Å². The van der Waals surface area contributed by atoms with Gasteiger partial charge in [0, 0.05) is 5.69 Å². The first-order chi connectivity index (χ1) is 7.76. The molecular weight excluding hydrogens is 204 g/mol. The predicted octanol–water partition coefficient (Wildman–Crippen LogP) is 1.15. The molecule has 80 valence electrons. The number of hydrogen-bond donors (Lipinski definition) is 1. The number of ether oxygens (including phenoxy) is 1. The summed E-state index contributed by atoms with van der Waals surface area (Å²) in [6.45, 7) is 0.00658. The van der Waals surface area contributed by atoms with Crippen molar-refractivity contribution in [2.24, 2.45) is 0 Å². The average molecular weight is 214 g/mol. The molecular formula is C12H10N2O2. The van der Waals surface area contributed by atoms with Gasteiger partial charge in [-0.15, -0.1) is 6.42 Å².